The van der Waals surface area contributed by atoms with Gasteiger partial charge in [-0.2, -0.15) is 0 Å². The van der Waals surface area contributed by atoms with Crippen LogP contribution in [0.3, 0.4) is 0 Å². The van der Waals surface area contributed by atoms with Gasteiger partial charge in [0.05, 0.1) is 6.54 Å². The number of ether oxygens (including phenoxy) is 3. The summed E-state index contributed by atoms with van der Waals surface area (Å²) in [6.07, 6.45) is 5.68. The van der Waals surface area contributed by atoms with E-state index in [1.54, 1.807) is 6.07 Å². The number of terminal acetylenes is 1. The molecule has 0 radical (unpaired) electrons. The van der Waals surface area contributed by atoms with Crippen LogP contribution in [-0.2, 0) is 11.2 Å². The zero-order valence-corrected chi connectivity index (χ0v) is 11.0. The summed E-state index contributed by atoms with van der Waals surface area (Å²) in [6, 6.07) is 3.53. The first kappa shape index (κ1) is 14.0. The van der Waals surface area contributed by atoms with Gasteiger partial charge in [-0.15, -0.1) is 6.42 Å². The number of hydrogen-bond donors (Lipinski definition) is 2. The molecule has 6 heteroatoms. The van der Waals surface area contributed by atoms with Gasteiger partial charge in [-0.25, -0.2) is 0 Å². The molecule has 0 aliphatic carbocycles. The first-order valence-corrected chi connectivity index (χ1v) is 6.20. The minimum Gasteiger partial charge on any atom is -0.483 e. The molecule has 0 saturated carbocycles. The number of carbonyl (C=O) groups is 1. The second kappa shape index (κ2) is 6.68. The molecule has 2 rings (SSSR count). The van der Waals surface area contributed by atoms with Crippen LogP contribution in [0.25, 0.3) is 0 Å². The molecule has 0 fully saturated rings. The molecule has 0 spiro atoms. The summed E-state index contributed by atoms with van der Waals surface area (Å²) >= 11 is 0. The van der Waals surface area contributed by atoms with Gasteiger partial charge in [0.1, 0.15) is 5.75 Å². The molecule has 0 aromatic heterocycles. The Balaban J connectivity index is 2.06. The molecule has 6 nitrogen and oxygen atoms in total. The SMILES string of the molecule is C#CCNC(=O)COc1cc2c(cc1CCN)OCO2. The average molecular weight is 276 g/mol. The minimum absolute atomic E-state index is 0.112. The normalized spacial score (nSPS) is 11.8. The Morgan fingerprint density at radius 2 is 2.20 bits per heavy atom. The van der Waals surface area contributed by atoms with Crippen LogP contribution in [0.15, 0.2) is 12.1 Å². The van der Waals surface area contributed by atoms with Crippen molar-refractivity contribution in [1.29, 1.82) is 0 Å². The molecule has 1 amide bonds. The maximum absolute atomic E-state index is 11.5. The second-order valence-corrected chi connectivity index (χ2v) is 4.12. The smallest absolute Gasteiger partial charge is 0.258 e. The van der Waals surface area contributed by atoms with Gasteiger partial charge in [-0.05, 0) is 24.6 Å². The van der Waals surface area contributed by atoms with Gasteiger partial charge >= 0.3 is 0 Å². The standard InChI is InChI=1S/C14H16N2O4/c1-2-5-16-14(17)8-18-11-7-13-12(19-9-20-13)6-10(11)3-4-15/h1,6-7H,3-5,8-9,15H2,(H,16,17). The molecule has 20 heavy (non-hydrogen) atoms. The van der Waals surface area contributed by atoms with Crippen LogP contribution in [0, 0.1) is 12.3 Å². The van der Waals surface area contributed by atoms with Crippen LogP contribution in [-0.4, -0.2) is 32.4 Å². The summed E-state index contributed by atoms with van der Waals surface area (Å²) < 4.78 is 16.1. The average Bonchev–Trinajstić information content (AvgIpc) is 2.90. The number of carbonyl (C=O) groups excluding carboxylic acids is 1. The van der Waals surface area contributed by atoms with Crippen molar-refractivity contribution in [2.45, 2.75) is 6.42 Å². The van der Waals surface area contributed by atoms with Gasteiger partial charge in [0.15, 0.2) is 18.1 Å². The van der Waals surface area contributed by atoms with Crippen molar-refractivity contribution in [3.63, 3.8) is 0 Å². The molecule has 1 aromatic carbocycles. The van der Waals surface area contributed by atoms with E-state index < -0.39 is 0 Å². The Kier molecular flexibility index (Phi) is 4.69. The Hall–Kier alpha value is -2.39. The number of nitrogens with one attached hydrogen (secondary N) is 1. The van der Waals surface area contributed by atoms with Crippen molar-refractivity contribution < 1.29 is 19.0 Å². The van der Waals surface area contributed by atoms with E-state index >= 15 is 0 Å². The van der Waals surface area contributed by atoms with E-state index in [9.17, 15) is 4.79 Å². The molecule has 3 N–H and O–H groups in total. The first-order valence-electron chi connectivity index (χ1n) is 6.20. The Morgan fingerprint density at radius 3 is 2.90 bits per heavy atom. The van der Waals surface area contributed by atoms with Crippen LogP contribution < -0.4 is 25.3 Å². The van der Waals surface area contributed by atoms with E-state index in [0.29, 0.717) is 30.2 Å². The van der Waals surface area contributed by atoms with Crippen molar-refractivity contribution in [1.82, 2.24) is 5.32 Å². The highest BCUT2D eigenvalue weighted by Crippen LogP contribution is 2.38. The highest BCUT2D eigenvalue weighted by atomic mass is 16.7. The summed E-state index contributed by atoms with van der Waals surface area (Å²) in [5, 5.41) is 2.53. The molecular weight excluding hydrogens is 260 g/mol. The molecule has 1 aliphatic heterocycles. The van der Waals surface area contributed by atoms with E-state index in [0.717, 1.165) is 5.56 Å². The van der Waals surface area contributed by atoms with E-state index in [1.165, 1.54) is 0 Å². The monoisotopic (exact) mass is 276 g/mol. The van der Waals surface area contributed by atoms with Crippen molar-refractivity contribution in [3.05, 3.63) is 17.7 Å². The lowest BCUT2D eigenvalue weighted by Crippen LogP contribution is -2.29. The third kappa shape index (κ3) is 3.33. The third-order valence-electron chi connectivity index (χ3n) is 2.72. The lowest BCUT2D eigenvalue weighted by molar-refractivity contribution is -0.122. The van der Waals surface area contributed by atoms with Crippen LogP contribution in [0.1, 0.15) is 5.56 Å². The maximum Gasteiger partial charge on any atom is 0.258 e. The van der Waals surface area contributed by atoms with Crippen molar-refractivity contribution in [2.24, 2.45) is 5.73 Å². The summed E-state index contributed by atoms with van der Waals surface area (Å²) in [5.74, 6) is 3.87. The fraction of sp³-hybridized carbons (Fsp3) is 0.357. The molecule has 0 unspecified atom stereocenters. The molecule has 1 heterocycles. The number of amides is 1. The van der Waals surface area contributed by atoms with E-state index in [-0.39, 0.29) is 25.9 Å². The Morgan fingerprint density at radius 1 is 1.45 bits per heavy atom. The number of benzene rings is 1. The Labute approximate surface area is 117 Å². The quantitative estimate of drug-likeness (QED) is 0.717. The fourth-order valence-electron chi connectivity index (χ4n) is 1.79. The number of hydrogen-bond acceptors (Lipinski definition) is 5. The summed E-state index contributed by atoms with van der Waals surface area (Å²) in [5.41, 5.74) is 6.44. The van der Waals surface area contributed by atoms with Gasteiger partial charge in [0.2, 0.25) is 6.79 Å². The minimum atomic E-state index is -0.278. The van der Waals surface area contributed by atoms with Crippen molar-refractivity contribution in [2.75, 3.05) is 26.5 Å². The highest BCUT2D eigenvalue weighted by molar-refractivity contribution is 5.77. The molecule has 0 atom stereocenters. The van der Waals surface area contributed by atoms with Crippen molar-refractivity contribution >= 4 is 5.91 Å². The van der Waals surface area contributed by atoms with E-state index in [4.69, 9.17) is 26.4 Å². The van der Waals surface area contributed by atoms with Crippen LogP contribution in [0.4, 0.5) is 0 Å². The van der Waals surface area contributed by atoms with Crippen molar-refractivity contribution in [3.8, 4) is 29.6 Å². The number of rotatable bonds is 6. The topological polar surface area (TPSA) is 82.8 Å². The van der Waals surface area contributed by atoms with Crippen LogP contribution in [0.2, 0.25) is 0 Å². The van der Waals surface area contributed by atoms with Gasteiger partial charge in [0, 0.05) is 6.07 Å². The molecule has 1 aliphatic rings. The van der Waals surface area contributed by atoms with Crippen LogP contribution >= 0.6 is 0 Å². The zero-order chi connectivity index (χ0) is 14.4. The summed E-state index contributed by atoms with van der Waals surface area (Å²) in [4.78, 5) is 11.5. The summed E-state index contributed by atoms with van der Waals surface area (Å²) in [6.45, 7) is 0.723. The van der Waals surface area contributed by atoms with E-state index in [2.05, 4.69) is 11.2 Å². The maximum atomic E-state index is 11.5. The largest absolute Gasteiger partial charge is 0.483 e. The molecule has 0 saturated heterocycles. The van der Waals surface area contributed by atoms with Gasteiger partial charge in [-0.1, -0.05) is 5.92 Å². The predicted octanol–water partition coefficient (Wildman–Crippen LogP) is 0.0447. The lowest BCUT2D eigenvalue weighted by atomic mass is 10.1. The lowest BCUT2D eigenvalue weighted by Gasteiger charge is -2.12. The zero-order valence-electron chi connectivity index (χ0n) is 11.0. The summed E-state index contributed by atoms with van der Waals surface area (Å²) in [7, 11) is 0. The fourth-order valence-corrected chi connectivity index (χ4v) is 1.79. The molecule has 0 bridgehead atoms. The van der Waals surface area contributed by atoms with E-state index in [1.807, 2.05) is 6.07 Å². The predicted molar refractivity (Wildman–Crippen MR) is 72.7 cm³/mol. The molecular formula is C14H16N2O4. The number of fused-ring (bicyclic) bond motifs is 1. The van der Waals surface area contributed by atoms with Crippen LogP contribution in [0.5, 0.6) is 17.2 Å². The first-order chi connectivity index (χ1) is 9.74. The number of nitrogens with two attached hydrogens (primary N) is 1. The van der Waals surface area contributed by atoms with Gasteiger partial charge in [0.25, 0.3) is 5.91 Å². The molecule has 1 aromatic rings. The highest BCUT2D eigenvalue weighted by Gasteiger charge is 2.18. The second-order valence-electron chi connectivity index (χ2n) is 4.12. The third-order valence-corrected chi connectivity index (χ3v) is 2.72. The Bertz CT molecular complexity index is 537. The van der Waals surface area contributed by atoms with Gasteiger partial charge in [-0.3, -0.25) is 4.79 Å². The van der Waals surface area contributed by atoms with Gasteiger partial charge < -0.3 is 25.3 Å². The molecule has 106 valence electrons.